The number of nitrogens with one attached hydrogen (secondary N) is 1. The molecule has 0 saturated heterocycles. The number of carbonyl (C=O) groups is 2. The minimum absolute atomic E-state index is 0.0719. The van der Waals surface area contributed by atoms with Crippen LogP contribution >= 0.6 is 11.8 Å². The monoisotopic (exact) mass is 270 g/mol. The van der Waals surface area contributed by atoms with E-state index in [0.717, 1.165) is 17.3 Å². The number of carbonyl (C=O) groups excluding carboxylic acids is 1. The molecule has 0 atom stereocenters. The van der Waals surface area contributed by atoms with Crippen LogP contribution in [0, 0.1) is 0 Å². The smallest absolute Gasteiger partial charge is 0.313 e. The van der Waals surface area contributed by atoms with E-state index < -0.39 is 5.97 Å². The number of carboxylic acid groups (broad SMARTS) is 1. The fourth-order valence-corrected chi connectivity index (χ4v) is 1.68. The van der Waals surface area contributed by atoms with Gasteiger partial charge in [0.2, 0.25) is 11.8 Å². The minimum atomic E-state index is -0.924. The fraction of sp³-hybridized carbons (Fsp3) is 0.364. The zero-order valence-corrected chi connectivity index (χ0v) is 10.7. The zero-order chi connectivity index (χ0) is 13.4. The molecular weight excluding hydrogens is 256 g/mol. The molecule has 0 unspecified atom stereocenters. The maximum absolute atomic E-state index is 11.4. The summed E-state index contributed by atoms with van der Waals surface area (Å²) in [7, 11) is 1.53. The maximum atomic E-state index is 11.4. The van der Waals surface area contributed by atoms with Crippen molar-refractivity contribution in [1.82, 2.24) is 10.3 Å². The van der Waals surface area contributed by atoms with Crippen LogP contribution in [0.4, 0.5) is 0 Å². The van der Waals surface area contributed by atoms with Crippen LogP contribution in [0.25, 0.3) is 0 Å². The largest absolute Gasteiger partial charge is 0.481 e. The van der Waals surface area contributed by atoms with Gasteiger partial charge in [-0.05, 0) is 5.56 Å². The second-order valence-electron chi connectivity index (χ2n) is 3.37. The molecule has 0 aliphatic rings. The molecule has 0 aromatic carbocycles. The van der Waals surface area contributed by atoms with E-state index in [1.165, 1.54) is 7.11 Å². The van der Waals surface area contributed by atoms with Crippen molar-refractivity contribution in [3.8, 4) is 5.88 Å². The molecule has 1 amide bonds. The Morgan fingerprint density at radius 2 is 2.22 bits per heavy atom. The number of thioether (sulfide) groups is 1. The van der Waals surface area contributed by atoms with Crippen LogP contribution in [0.3, 0.4) is 0 Å². The number of amides is 1. The molecule has 98 valence electrons. The Morgan fingerprint density at radius 1 is 1.44 bits per heavy atom. The molecule has 0 aliphatic carbocycles. The highest BCUT2D eigenvalue weighted by molar-refractivity contribution is 8.00. The molecule has 1 heterocycles. The number of rotatable bonds is 7. The van der Waals surface area contributed by atoms with Crippen LogP contribution in [-0.2, 0) is 16.1 Å². The first-order chi connectivity index (χ1) is 8.61. The minimum Gasteiger partial charge on any atom is -0.481 e. The van der Waals surface area contributed by atoms with Gasteiger partial charge in [-0.3, -0.25) is 9.59 Å². The first-order valence-corrected chi connectivity index (χ1v) is 6.32. The Balaban J connectivity index is 2.26. The average molecular weight is 270 g/mol. The highest BCUT2D eigenvalue weighted by Gasteiger charge is 2.04. The summed E-state index contributed by atoms with van der Waals surface area (Å²) in [5.41, 5.74) is 0.854. The molecular formula is C11H14N2O4S. The summed E-state index contributed by atoms with van der Waals surface area (Å²) in [6.07, 6.45) is 1.61. The molecule has 0 aliphatic heterocycles. The molecule has 7 heteroatoms. The highest BCUT2D eigenvalue weighted by atomic mass is 32.2. The molecule has 2 N–H and O–H groups in total. The van der Waals surface area contributed by atoms with Crippen molar-refractivity contribution in [3.05, 3.63) is 23.9 Å². The van der Waals surface area contributed by atoms with Crippen molar-refractivity contribution in [2.45, 2.75) is 6.54 Å². The van der Waals surface area contributed by atoms with Gasteiger partial charge in [-0.1, -0.05) is 6.07 Å². The standard InChI is InChI=1S/C11H14N2O4S/c1-17-10-3-2-8(5-13-10)4-12-9(14)6-18-7-11(15)16/h2-3,5H,4,6-7H2,1H3,(H,12,14)(H,15,16). The number of hydrogen-bond acceptors (Lipinski definition) is 5. The van der Waals surface area contributed by atoms with Crippen LogP contribution in [-0.4, -0.2) is 40.6 Å². The predicted molar refractivity (Wildman–Crippen MR) is 67.6 cm³/mol. The van der Waals surface area contributed by atoms with Crippen LogP contribution in [0.15, 0.2) is 18.3 Å². The third kappa shape index (κ3) is 5.53. The molecule has 0 radical (unpaired) electrons. The number of aliphatic carboxylic acids is 1. The summed E-state index contributed by atoms with van der Waals surface area (Å²) in [4.78, 5) is 25.6. The maximum Gasteiger partial charge on any atom is 0.313 e. The van der Waals surface area contributed by atoms with Crippen molar-refractivity contribution in [2.75, 3.05) is 18.6 Å². The van der Waals surface area contributed by atoms with Gasteiger partial charge in [-0.25, -0.2) is 4.98 Å². The summed E-state index contributed by atoms with van der Waals surface area (Å²) in [5.74, 6) is -0.542. The van der Waals surface area contributed by atoms with Crippen LogP contribution < -0.4 is 10.1 Å². The summed E-state index contributed by atoms with van der Waals surface area (Å²) in [5, 5.41) is 11.1. The SMILES string of the molecule is COc1ccc(CNC(=O)CSCC(=O)O)cn1. The fourth-order valence-electron chi connectivity index (χ4n) is 1.12. The first kappa shape index (κ1) is 14.3. The van der Waals surface area contributed by atoms with E-state index in [4.69, 9.17) is 9.84 Å². The zero-order valence-electron chi connectivity index (χ0n) is 9.88. The van der Waals surface area contributed by atoms with Gasteiger partial charge in [0.15, 0.2) is 0 Å². The van der Waals surface area contributed by atoms with E-state index in [1.54, 1.807) is 18.3 Å². The molecule has 0 saturated carbocycles. The molecule has 1 aromatic rings. The van der Waals surface area contributed by atoms with Gasteiger partial charge >= 0.3 is 5.97 Å². The van der Waals surface area contributed by atoms with Gasteiger partial charge in [-0.15, -0.1) is 11.8 Å². The Bertz CT molecular complexity index is 408. The first-order valence-electron chi connectivity index (χ1n) is 5.17. The van der Waals surface area contributed by atoms with Crippen molar-refractivity contribution < 1.29 is 19.4 Å². The summed E-state index contributed by atoms with van der Waals surface area (Å²) in [6.45, 7) is 0.365. The van der Waals surface area contributed by atoms with E-state index in [1.807, 2.05) is 0 Å². The second-order valence-corrected chi connectivity index (χ2v) is 4.36. The normalized spacial score (nSPS) is 9.83. The van der Waals surface area contributed by atoms with Crippen molar-refractivity contribution in [2.24, 2.45) is 0 Å². The predicted octanol–water partition coefficient (Wildman–Crippen LogP) is 0.524. The summed E-state index contributed by atoms with van der Waals surface area (Å²) >= 11 is 1.06. The van der Waals surface area contributed by atoms with Crippen LogP contribution in [0.5, 0.6) is 5.88 Å². The summed E-state index contributed by atoms with van der Waals surface area (Å²) < 4.78 is 4.91. The van der Waals surface area contributed by atoms with Gasteiger partial charge in [0, 0.05) is 18.8 Å². The lowest BCUT2D eigenvalue weighted by atomic mass is 10.3. The van der Waals surface area contributed by atoms with Gasteiger partial charge in [-0.2, -0.15) is 0 Å². The second kappa shape index (κ2) is 7.54. The van der Waals surface area contributed by atoms with Crippen molar-refractivity contribution in [3.63, 3.8) is 0 Å². The van der Waals surface area contributed by atoms with Gasteiger partial charge in [0.1, 0.15) is 0 Å². The molecule has 6 nitrogen and oxygen atoms in total. The third-order valence-corrected chi connectivity index (χ3v) is 2.87. The quantitative estimate of drug-likeness (QED) is 0.751. The molecule has 0 bridgehead atoms. The van der Waals surface area contributed by atoms with E-state index in [0.29, 0.717) is 12.4 Å². The van der Waals surface area contributed by atoms with E-state index in [9.17, 15) is 9.59 Å². The lowest BCUT2D eigenvalue weighted by molar-refractivity contribution is -0.133. The number of aromatic nitrogens is 1. The molecule has 1 aromatic heterocycles. The van der Waals surface area contributed by atoms with E-state index in [-0.39, 0.29) is 17.4 Å². The van der Waals surface area contributed by atoms with Gasteiger partial charge in [0.25, 0.3) is 0 Å². The highest BCUT2D eigenvalue weighted by Crippen LogP contribution is 2.06. The van der Waals surface area contributed by atoms with Gasteiger partial charge < -0.3 is 15.2 Å². The number of methoxy groups -OCH3 is 1. The van der Waals surface area contributed by atoms with E-state index in [2.05, 4.69) is 10.3 Å². The van der Waals surface area contributed by atoms with E-state index >= 15 is 0 Å². The van der Waals surface area contributed by atoms with Crippen molar-refractivity contribution in [1.29, 1.82) is 0 Å². The lowest BCUT2D eigenvalue weighted by Gasteiger charge is -2.05. The Morgan fingerprint density at radius 3 is 2.78 bits per heavy atom. The topological polar surface area (TPSA) is 88.5 Å². The number of carboxylic acids is 1. The third-order valence-electron chi connectivity index (χ3n) is 1.96. The number of nitrogens with zero attached hydrogens (tertiary/aromatic N) is 1. The molecule has 1 rings (SSSR count). The number of hydrogen-bond donors (Lipinski definition) is 2. The van der Waals surface area contributed by atoms with Crippen LogP contribution in [0.1, 0.15) is 5.56 Å². The molecule has 0 fully saturated rings. The number of ether oxygens (including phenoxy) is 1. The van der Waals surface area contributed by atoms with Crippen molar-refractivity contribution >= 4 is 23.6 Å². The molecule has 0 spiro atoms. The Kier molecular flexibility index (Phi) is 5.99. The van der Waals surface area contributed by atoms with Crippen LogP contribution in [0.2, 0.25) is 0 Å². The summed E-state index contributed by atoms with van der Waals surface area (Å²) in [6, 6.07) is 3.51. The van der Waals surface area contributed by atoms with Gasteiger partial charge in [0.05, 0.1) is 18.6 Å². The lowest BCUT2D eigenvalue weighted by Crippen LogP contribution is -2.25. The average Bonchev–Trinajstić information content (AvgIpc) is 2.36. The number of pyridine rings is 1. The molecule has 18 heavy (non-hydrogen) atoms. The Hall–Kier alpha value is -1.76. The Labute approximate surface area is 109 Å².